The fraction of sp³-hybridized carbons (Fsp3) is 0.208. The summed E-state index contributed by atoms with van der Waals surface area (Å²) in [5.74, 6) is 0.0255. The van der Waals surface area contributed by atoms with Gasteiger partial charge in [-0.1, -0.05) is 19.9 Å². The zero-order valence-electron chi connectivity index (χ0n) is 18.9. The number of nitrogens with zero attached hydrogens (tertiary/aromatic N) is 4. The Morgan fingerprint density at radius 3 is 2.38 bits per heavy atom. The minimum Gasteiger partial charge on any atom is -0.508 e. The zero-order valence-corrected chi connectivity index (χ0v) is 19.7. The monoisotopic (exact) mass is 480 g/mol. The van der Waals surface area contributed by atoms with Gasteiger partial charge >= 0.3 is 0 Å². The van der Waals surface area contributed by atoms with Gasteiger partial charge in [-0.3, -0.25) is 9.55 Å². The molecule has 0 radical (unpaired) electrons. The summed E-state index contributed by atoms with van der Waals surface area (Å²) in [6, 6.07) is 12.9. The van der Waals surface area contributed by atoms with Gasteiger partial charge in [0.2, 0.25) is 9.84 Å². The van der Waals surface area contributed by atoms with Gasteiger partial charge in [-0.25, -0.2) is 8.42 Å². The first kappa shape index (κ1) is 23.2. The smallest absolute Gasteiger partial charge is 0.254 e. The van der Waals surface area contributed by atoms with E-state index in [1.165, 1.54) is 23.9 Å². The highest BCUT2D eigenvalue weighted by Crippen LogP contribution is 2.39. The third-order valence-corrected chi connectivity index (χ3v) is 6.86. The second-order valence-corrected chi connectivity index (χ2v) is 9.93. The standard InChI is InChI=1S/C24H24N4O5S/c1-15(2)19-11-20(22(30)12-21(19)29)23-26-27-24(28(23)17-6-8-18(33-3)9-7-17)34(31,32)14-16-5-4-10-25-13-16/h4-13,15,29-30H,14H2,1-3H3. The molecule has 0 spiro atoms. The molecule has 2 N–H and O–H groups in total. The van der Waals surface area contributed by atoms with Gasteiger partial charge in [0.05, 0.1) is 24.1 Å². The van der Waals surface area contributed by atoms with Crippen LogP contribution >= 0.6 is 0 Å². The maximum Gasteiger partial charge on any atom is 0.254 e. The number of aromatic nitrogens is 4. The van der Waals surface area contributed by atoms with Crippen LogP contribution in [0.15, 0.2) is 66.1 Å². The normalized spacial score (nSPS) is 11.6. The van der Waals surface area contributed by atoms with E-state index in [1.807, 2.05) is 13.8 Å². The number of sulfone groups is 1. The molecule has 10 heteroatoms. The largest absolute Gasteiger partial charge is 0.508 e. The molecule has 0 aliphatic carbocycles. The lowest BCUT2D eigenvalue weighted by Crippen LogP contribution is -2.13. The fourth-order valence-corrected chi connectivity index (χ4v) is 4.99. The van der Waals surface area contributed by atoms with Gasteiger partial charge < -0.3 is 14.9 Å². The van der Waals surface area contributed by atoms with Gasteiger partial charge in [0.25, 0.3) is 5.16 Å². The Morgan fingerprint density at radius 2 is 1.76 bits per heavy atom. The maximum absolute atomic E-state index is 13.4. The van der Waals surface area contributed by atoms with Crippen LogP contribution in [-0.2, 0) is 15.6 Å². The first-order chi connectivity index (χ1) is 16.2. The van der Waals surface area contributed by atoms with Crippen LogP contribution in [0.4, 0.5) is 0 Å². The number of phenols is 2. The molecule has 2 aromatic carbocycles. The summed E-state index contributed by atoms with van der Waals surface area (Å²) in [4.78, 5) is 3.98. The second kappa shape index (κ2) is 9.14. The lowest BCUT2D eigenvalue weighted by Gasteiger charge is -2.15. The quantitative estimate of drug-likeness (QED) is 0.408. The predicted octanol–water partition coefficient (Wildman–Crippen LogP) is 3.85. The third kappa shape index (κ3) is 4.44. The summed E-state index contributed by atoms with van der Waals surface area (Å²) in [5.41, 5.74) is 1.79. The van der Waals surface area contributed by atoms with Crippen molar-refractivity contribution < 1.29 is 23.4 Å². The number of ether oxygens (including phenoxy) is 1. The molecule has 0 atom stereocenters. The van der Waals surface area contributed by atoms with Crippen LogP contribution < -0.4 is 4.74 Å². The molecule has 34 heavy (non-hydrogen) atoms. The molecule has 0 aliphatic heterocycles. The maximum atomic E-state index is 13.4. The van der Waals surface area contributed by atoms with Crippen LogP contribution in [0, 0.1) is 0 Å². The molecule has 0 unspecified atom stereocenters. The molecule has 9 nitrogen and oxygen atoms in total. The van der Waals surface area contributed by atoms with E-state index < -0.39 is 9.84 Å². The van der Waals surface area contributed by atoms with Crippen molar-refractivity contribution in [2.45, 2.75) is 30.7 Å². The summed E-state index contributed by atoms with van der Waals surface area (Å²) in [5, 5.41) is 28.8. The summed E-state index contributed by atoms with van der Waals surface area (Å²) < 4.78 is 33.4. The first-order valence-electron chi connectivity index (χ1n) is 10.5. The van der Waals surface area contributed by atoms with E-state index in [2.05, 4.69) is 15.2 Å². The van der Waals surface area contributed by atoms with E-state index in [1.54, 1.807) is 48.7 Å². The number of pyridine rings is 1. The molecule has 0 bridgehead atoms. The van der Waals surface area contributed by atoms with Gasteiger partial charge in [-0.2, -0.15) is 0 Å². The summed E-state index contributed by atoms with van der Waals surface area (Å²) in [7, 11) is -2.42. The molecular weight excluding hydrogens is 456 g/mol. The number of methoxy groups -OCH3 is 1. The van der Waals surface area contributed by atoms with E-state index in [4.69, 9.17) is 4.74 Å². The first-order valence-corrected chi connectivity index (χ1v) is 12.1. The minimum atomic E-state index is -3.96. The molecule has 4 aromatic rings. The van der Waals surface area contributed by atoms with E-state index in [9.17, 15) is 18.6 Å². The van der Waals surface area contributed by atoms with Crippen molar-refractivity contribution in [1.29, 1.82) is 0 Å². The summed E-state index contributed by atoms with van der Waals surface area (Å²) >= 11 is 0. The van der Waals surface area contributed by atoms with Crippen LogP contribution in [0.25, 0.3) is 17.1 Å². The summed E-state index contributed by atoms with van der Waals surface area (Å²) in [6.45, 7) is 3.79. The lowest BCUT2D eigenvalue weighted by atomic mass is 9.98. The zero-order chi connectivity index (χ0) is 24.5. The highest BCUT2D eigenvalue weighted by atomic mass is 32.2. The van der Waals surface area contributed by atoms with Crippen molar-refractivity contribution in [2.24, 2.45) is 0 Å². The number of hydrogen-bond acceptors (Lipinski definition) is 8. The van der Waals surface area contributed by atoms with Crippen molar-refractivity contribution in [3.8, 4) is 34.3 Å². The SMILES string of the molecule is COc1ccc(-n2c(-c3cc(C(C)C)c(O)cc3O)nnc2S(=O)(=O)Cc2cccnc2)cc1. The molecule has 2 aromatic heterocycles. The number of hydrogen-bond donors (Lipinski definition) is 2. The topological polar surface area (TPSA) is 127 Å². The number of aromatic hydroxyl groups is 2. The molecule has 0 saturated carbocycles. The highest BCUT2D eigenvalue weighted by Gasteiger charge is 2.28. The van der Waals surface area contributed by atoms with Crippen molar-refractivity contribution >= 4 is 9.84 Å². The van der Waals surface area contributed by atoms with Crippen LogP contribution in [0.3, 0.4) is 0 Å². The molecule has 0 aliphatic rings. The molecule has 176 valence electrons. The second-order valence-electron chi connectivity index (χ2n) is 8.04. The molecule has 0 saturated heterocycles. The Bertz CT molecular complexity index is 1420. The Hall–Kier alpha value is -3.92. The molecule has 0 fully saturated rings. The van der Waals surface area contributed by atoms with Crippen molar-refractivity contribution in [3.63, 3.8) is 0 Å². The molecule has 2 heterocycles. The van der Waals surface area contributed by atoms with Gasteiger partial charge in [-0.05, 0) is 53.4 Å². The van der Waals surface area contributed by atoms with E-state index in [0.29, 0.717) is 22.6 Å². The van der Waals surface area contributed by atoms with Gasteiger partial charge in [0.15, 0.2) is 5.82 Å². The Labute approximate surface area is 197 Å². The van der Waals surface area contributed by atoms with Crippen molar-refractivity contribution in [3.05, 3.63) is 72.1 Å². The lowest BCUT2D eigenvalue weighted by molar-refractivity contribution is 0.414. The number of phenolic OH excluding ortho intramolecular Hbond substituents is 2. The Balaban J connectivity index is 1.94. The van der Waals surface area contributed by atoms with Crippen molar-refractivity contribution in [2.75, 3.05) is 7.11 Å². The van der Waals surface area contributed by atoms with Gasteiger partial charge in [-0.15, -0.1) is 10.2 Å². The van der Waals surface area contributed by atoms with E-state index in [0.717, 1.165) is 0 Å². The number of rotatable bonds is 7. The van der Waals surface area contributed by atoms with Crippen LogP contribution in [0.1, 0.15) is 30.9 Å². The van der Waals surface area contributed by atoms with E-state index in [-0.39, 0.29) is 39.7 Å². The molecular formula is C24H24N4O5S. The highest BCUT2D eigenvalue weighted by molar-refractivity contribution is 7.90. The summed E-state index contributed by atoms with van der Waals surface area (Å²) in [6.07, 6.45) is 3.04. The van der Waals surface area contributed by atoms with Crippen LogP contribution in [0.5, 0.6) is 17.2 Å². The van der Waals surface area contributed by atoms with E-state index >= 15 is 0 Å². The average molecular weight is 481 g/mol. The van der Waals surface area contributed by atoms with Crippen molar-refractivity contribution in [1.82, 2.24) is 19.7 Å². The predicted molar refractivity (Wildman–Crippen MR) is 126 cm³/mol. The van der Waals surface area contributed by atoms with Crippen LogP contribution in [0.2, 0.25) is 0 Å². The average Bonchev–Trinajstić information content (AvgIpc) is 3.25. The molecule has 4 rings (SSSR count). The van der Waals surface area contributed by atoms with Gasteiger partial charge in [0.1, 0.15) is 17.2 Å². The Morgan fingerprint density at radius 1 is 1.03 bits per heavy atom. The van der Waals surface area contributed by atoms with Crippen LogP contribution in [-0.4, -0.2) is 45.5 Å². The minimum absolute atomic E-state index is 0.0505. The number of benzene rings is 2. The molecule has 0 amide bonds. The third-order valence-electron chi connectivity index (χ3n) is 5.33. The fourth-order valence-electron chi connectivity index (χ4n) is 3.61. The van der Waals surface area contributed by atoms with Gasteiger partial charge in [0, 0.05) is 18.5 Å². The Kier molecular flexibility index (Phi) is 6.25.